The molecule has 2 aliphatic rings. The molecule has 1 heterocycles. The van der Waals surface area contributed by atoms with E-state index in [0.29, 0.717) is 32.4 Å². The average Bonchev–Trinajstić information content (AvgIpc) is 2.77. The first kappa shape index (κ1) is 15.1. The van der Waals surface area contributed by atoms with Gasteiger partial charge in [0.15, 0.2) is 0 Å². The number of nitrogens with one attached hydrogen (secondary N) is 1. The zero-order valence-electron chi connectivity index (χ0n) is 12.0. The van der Waals surface area contributed by atoms with E-state index in [1.165, 1.54) is 0 Å². The van der Waals surface area contributed by atoms with Gasteiger partial charge in [0.2, 0.25) is 0 Å². The fourth-order valence-corrected chi connectivity index (χ4v) is 3.17. The molecular weight excluding hydrogens is 260 g/mol. The van der Waals surface area contributed by atoms with Crippen LogP contribution < -0.4 is 5.32 Å². The summed E-state index contributed by atoms with van der Waals surface area (Å²) in [6.45, 7) is 2.71. The number of nitrogens with zero attached hydrogens (tertiary/aromatic N) is 1. The fourth-order valence-electron chi connectivity index (χ4n) is 3.17. The molecule has 3 N–H and O–H groups in total. The topological polar surface area (TPSA) is 89.9 Å². The Morgan fingerprint density at radius 3 is 2.35 bits per heavy atom. The summed E-state index contributed by atoms with van der Waals surface area (Å²) < 4.78 is 0. The zero-order valence-corrected chi connectivity index (χ0v) is 12.0. The smallest absolute Gasteiger partial charge is 0.317 e. The molecule has 1 aliphatic carbocycles. The molecule has 1 saturated carbocycles. The van der Waals surface area contributed by atoms with Crippen molar-refractivity contribution in [1.82, 2.24) is 10.2 Å². The van der Waals surface area contributed by atoms with Crippen LogP contribution in [0.5, 0.6) is 0 Å². The molecule has 2 rings (SSSR count). The Bertz CT molecular complexity index is 389. The van der Waals surface area contributed by atoms with Crippen molar-refractivity contribution in [1.29, 1.82) is 0 Å². The molecule has 114 valence electrons. The van der Waals surface area contributed by atoms with E-state index in [0.717, 1.165) is 19.3 Å². The molecule has 1 aliphatic heterocycles. The lowest BCUT2D eigenvalue weighted by Crippen LogP contribution is -2.48. The van der Waals surface area contributed by atoms with Crippen LogP contribution in [0.15, 0.2) is 0 Å². The molecule has 0 aromatic heterocycles. The average molecular weight is 284 g/mol. The van der Waals surface area contributed by atoms with Gasteiger partial charge in [0.1, 0.15) is 0 Å². The van der Waals surface area contributed by atoms with Gasteiger partial charge in [0.05, 0.1) is 17.6 Å². The van der Waals surface area contributed by atoms with Gasteiger partial charge in [-0.05, 0) is 26.2 Å². The van der Waals surface area contributed by atoms with Crippen molar-refractivity contribution in [3.63, 3.8) is 0 Å². The summed E-state index contributed by atoms with van der Waals surface area (Å²) in [5, 5.41) is 22.0. The van der Waals surface area contributed by atoms with Gasteiger partial charge in [-0.1, -0.05) is 19.3 Å². The van der Waals surface area contributed by atoms with Gasteiger partial charge < -0.3 is 20.4 Å². The normalized spacial score (nSPS) is 29.2. The largest absolute Gasteiger partial charge is 0.481 e. The van der Waals surface area contributed by atoms with Crippen molar-refractivity contribution in [2.75, 3.05) is 19.6 Å². The number of likely N-dealkylation sites (tertiary alicyclic amines) is 1. The van der Waals surface area contributed by atoms with Crippen LogP contribution in [0.3, 0.4) is 0 Å². The van der Waals surface area contributed by atoms with Gasteiger partial charge in [-0.2, -0.15) is 0 Å². The zero-order chi connectivity index (χ0) is 14.8. The second-order valence-electron chi connectivity index (χ2n) is 6.47. The number of aliphatic hydroxyl groups is 1. The molecule has 1 unspecified atom stereocenters. The van der Waals surface area contributed by atoms with Crippen LogP contribution in [-0.4, -0.2) is 52.3 Å². The summed E-state index contributed by atoms with van der Waals surface area (Å²) in [6, 6.07) is -0.269. The highest BCUT2D eigenvalue weighted by atomic mass is 16.4. The molecule has 0 bridgehead atoms. The van der Waals surface area contributed by atoms with E-state index in [9.17, 15) is 19.8 Å². The molecular formula is C14H24N2O4. The lowest BCUT2D eigenvalue weighted by molar-refractivity contribution is -0.150. The minimum Gasteiger partial charge on any atom is -0.481 e. The molecule has 6 heteroatoms. The Kier molecular flexibility index (Phi) is 4.22. The number of amides is 2. The summed E-state index contributed by atoms with van der Waals surface area (Å²) in [7, 11) is 0. The van der Waals surface area contributed by atoms with E-state index in [4.69, 9.17) is 0 Å². The van der Waals surface area contributed by atoms with Gasteiger partial charge in [-0.25, -0.2) is 4.79 Å². The van der Waals surface area contributed by atoms with Gasteiger partial charge in [-0.3, -0.25) is 4.79 Å². The lowest BCUT2D eigenvalue weighted by atomic mass is 9.74. The second-order valence-corrected chi connectivity index (χ2v) is 6.47. The Morgan fingerprint density at radius 1 is 1.20 bits per heavy atom. The summed E-state index contributed by atoms with van der Waals surface area (Å²) in [5.74, 6) is -0.814. The monoisotopic (exact) mass is 284 g/mol. The van der Waals surface area contributed by atoms with Crippen LogP contribution in [0.4, 0.5) is 4.79 Å². The molecule has 1 atom stereocenters. The molecule has 20 heavy (non-hydrogen) atoms. The quantitative estimate of drug-likeness (QED) is 0.726. The third-order valence-electron chi connectivity index (χ3n) is 4.58. The van der Waals surface area contributed by atoms with Gasteiger partial charge >= 0.3 is 12.0 Å². The van der Waals surface area contributed by atoms with E-state index in [1.54, 1.807) is 11.8 Å². The summed E-state index contributed by atoms with van der Waals surface area (Å²) in [4.78, 5) is 25.1. The van der Waals surface area contributed by atoms with Crippen LogP contribution >= 0.6 is 0 Å². The van der Waals surface area contributed by atoms with Crippen molar-refractivity contribution in [2.45, 2.75) is 51.0 Å². The number of β-amino-alcohol motifs (C(OH)–C–C–N with tert-alkyl or cyclic N) is 1. The standard InChI is InChI=1S/C14H24N2O4/c1-13(20)7-8-16(10-13)12(19)15-9-14(11(17)18)5-3-2-4-6-14/h20H,2-10H2,1H3,(H,15,19)(H,17,18). The molecule has 0 aromatic carbocycles. The van der Waals surface area contributed by atoms with Crippen LogP contribution in [0.2, 0.25) is 0 Å². The van der Waals surface area contributed by atoms with E-state index in [1.807, 2.05) is 0 Å². The van der Waals surface area contributed by atoms with E-state index >= 15 is 0 Å². The highest BCUT2D eigenvalue weighted by Crippen LogP contribution is 2.36. The minimum atomic E-state index is -0.827. The Hall–Kier alpha value is -1.30. The van der Waals surface area contributed by atoms with Crippen LogP contribution in [0.1, 0.15) is 45.4 Å². The van der Waals surface area contributed by atoms with Crippen molar-refractivity contribution >= 4 is 12.0 Å². The van der Waals surface area contributed by atoms with E-state index in [-0.39, 0.29) is 12.6 Å². The first-order chi connectivity index (χ1) is 9.35. The molecule has 2 amide bonds. The Morgan fingerprint density at radius 2 is 1.85 bits per heavy atom. The molecule has 0 aromatic rings. The van der Waals surface area contributed by atoms with Crippen molar-refractivity contribution in [3.05, 3.63) is 0 Å². The number of carbonyl (C=O) groups excluding carboxylic acids is 1. The SMILES string of the molecule is CC1(O)CCN(C(=O)NCC2(C(=O)O)CCCCC2)C1. The van der Waals surface area contributed by atoms with Gasteiger partial charge in [-0.15, -0.1) is 0 Å². The lowest BCUT2D eigenvalue weighted by Gasteiger charge is -2.33. The molecule has 0 radical (unpaired) electrons. The highest BCUT2D eigenvalue weighted by molar-refractivity contribution is 5.78. The van der Waals surface area contributed by atoms with E-state index in [2.05, 4.69) is 5.32 Å². The number of aliphatic carboxylic acids is 1. The van der Waals surface area contributed by atoms with Gasteiger partial charge in [0, 0.05) is 13.1 Å². The number of carbonyl (C=O) groups is 2. The summed E-state index contributed by atoms with van der Waals surface area (Å²) >= 11 is 0. The maximum Gasteiger partial charge on any atom is 0.317 e. The number of hydrogen-bond donors (Lipinski definition) is 3. The molecule has 1 saturated heterocycles. The third-order valence-corrected chi connectivity index (χ3v) is 4.58. The minimum absolute atomic E-state index is 0.180. The molecule has 6 nitrogen and oxygen atoms in total. The first-order valence-corrected chi connectivity index (χ1v) is 7.33. The second kappa shape index (κ2) is 5.60. The number of carboxylic acid groups (broad SMARTS) is 1. The fraction of sp³-hybridized carbons (Fsp3) is 0.857. The highest BCUT2D eigenvalue weighted by Gasteiger charge is 2.41. The third kappa shape index (κ3) is 3.23. The number of hydrogen-bond acceptors (Lipinski definition) is 3. The Labute approximate surface area is 119 Å². The van der Waals surface area contributed by atoms with Crippen molar-refractivity contribution in [2.24, 2.45) is 5.41 Å². The molecule has 0 spiro atoms. The van der Waals surface area contributed by atoms with Crippen molar-refractivity contribution in [3.8, 4) is 0 Å². The first-order valence-electron chi connectivity index (χ1n) is 7.33. The van der Waals surface area contributed by atoms with Crippen molar-refractivity contribution < 1.29 is 19.8 Å². The van der Waals surface area contributed by atoms with Gasteiger partial charge in [0.25, 0.3) is 0 Å². The number of carboxylic acids is 1. The van der Waals surface area contributed by atoms with E-state index < -0.39 is 17.0 Å². The number of urea groups is 1. The van der Waals surface area contributed by atoms with Crippen LogP contribution in [0, 0.1) is 5.41 Å². The maximum atomic E-state index is 12.1. The predicted octanol–water partition coefficient (Wildman–Crippen LogP) is 1.19. The summed E-state index contributed by atoms with van der Waals surface area (Å²) in [5.41, 5.74) is -1.64. The van der Waals surface area contributed by atoms with Crippen LogP contribution in [0.25, 0.3) is 0 Å². The summed E-state index contributed by atoms with van der Waals surface area (Å²) in [6.07, 6.45) is 4.68. The number of rotatable bonds is 3. The molecule has 2 fully saturated rings. The predicted molar refractivity (Wildman–Crippen MR) is 73.4 cm³/mol. The van der Waals surface area contributed by atoms with Crippen LogP contribution in [-0.2, 0) is 4.79 Å². The maximum absolute atomic E-state index is 12.1. The Balaban J connectivity index is 1.90.